The minimum Gasteiger partial charge on any atom is -0.483 e. The van der Waals surface area contributed by atoms with Crippen LogP contribution >= 0.6 is 99.1 Å². The number of nitrogens with one attached hydrogen (secondary N) is 4. The average Bonchev–Trinajstić information content (AvgIpc) is 1.76. The highest BCUT2D eigenvalue weighted by atomic mass is 79.9. The zero-order valence-electron chi connectivity index (χ0n) is 64.2. The van der Waals surface area contributed by atoms with Crippen molar-refractivity contribution < 1.29 is 48.4 Å². The third-order valence-corrected chi connectivity index (χ3v) is 26.9. The van der Waals surface area contributed by atoms with Crippen LogP contribution in [0.5, 0.6) is 17.2 Å². The van der Waals surface area contributed by atoms with Gasteiger partial charge >= 0.3 is 0 Å². The molecule has 0 radical (unpaired) electrons. The molecule has 7 aliphatic carbocycles. The topological polar surface area (TPSA) is 325 Å². The van der Waals surface area contributed by atoms with Gasteiger partial charge in [0.2, 0.25) is 16.3 Å². The number of imide groups is 1. The summed E-state index contributed by atoms with van der Waals surface area (Å²) in [7, 11) is 0. The number of fused-ring (bicyclic) bond motifs is 2. The first-order chi connectivity index (χ1) is 55.5. The number of thioether (sulfide) groups is 6. The molecule has 5 amide bonds. The van der Waals surface area contributed by atoms with Crippen LogP contribution in [0, 0.1) is 0 Å². The van der Waals surface area contributed by atoms with Crippen molar-refractivity contribution >= 4 is 129 Å². The van der Waals surface area contributed by atoms with Crippen molar-refractivity contribution in [3.8, 4) is 17.2 Å². The van der Waals surface area contributed by atoms with E-state index in [9.17, 15) is 38.4 Å². The van der Waals surface area contributed by atoms with Crippen molar-refractivity contribution in [3.05, 3.63) is 228 Å². The Kier molecular flexibility index (Phi) is 39.9. The van der Waals surface area contributed by atoms with Crippen LogP contribution in [-0.2, 0) is 19.8 Å². The van der Waals surface area contributed by atoms with Crippen LogP contribution < -0.4 is 58.1 Å². The Morgan fingerprint density at radius 2 is 0.895 bits per heavy atom. The minimum absolute atomic E-state index is 0.0267. The third-order valence-electron chi connectivity index (χ3n) is 17.5. The van der Waals surface area contributed by atoms with Gasteiger partial charge in [-0.2, -0.15) is 83.2 Å². The summed E-state index contributed by atoms with van der Waals surface area (Å²) in [6, 6.07) is 39.7. The Labute approximate surface area is 707 Å². The molecule has 7 saturated carbocycles. The summed E-state index contributed by atoms with van der Waals surface area (Å²) in [4.78, 5) is 105. The molecule has 2 aliphatic heterocycles. The number of halogens is 1. The largest absolute Gasteiger partial charge is 0.483 e. The Balaban J connectivity index is 0.000000160. The summed E-state index contributed by atoms with van der Waals surface area (Å²) in [5, 5.41) is 26.7. The second-order valence-electron chi connectivity index (χ2n) is 27.6. The molecule has 0 bridgehead atoms. The summed E-state index contributed by atoms with van der Waals surface area (Å²) in [5.41, 5.74) is 11.9. The summed E-state index contributed by atoms with van der Waals surface area (Å²) < 4.78 is 19.7. The highest BCUT2D eigenvalue weighted by Gasteiger charge is 2.36. The molecular weight excluding hydrogens is 1650 g/mol. The molecule has 0 saturated heterocycles. The fourth-order valence-corrected chi connectivity index (χ4v) is 16.7. The van der Waals surface area contributed by atoms with E-state index in [0.717, 1.165) is 98.8 Å². The Morgan fingerprint density at radius 3 is 1.35 bits per heavy atom. The zero-order valence-corrected chi connectivity index (χ0v) is 71.6. The van der Waals surface area contributed by atoms with E-state index in [1.807, 2.05) is 162 Å². The summed E-state index contributed by atoms with van der Waals surface area (Å²) in [6.07, 6.45) is 23.1. The van der Waals surface area contributed by atoms with Gasteiger partial charge in [0.1, 0.15) is 26.5 Å². The lowest BCUT2D eigenvalue weighted by molar-refractivity contribution is 0.0661. The molecule has 10 N–H and O–H groups in total. The highest BCUT2D eigenvalue weighted by molar-refractivity contribution is 9.09. The van der Waals surface area contributed by atoms with E-state index < -0.39 is 5.91 Å². The maximum Gasteiger partial charge on any atom is 0.277 e. The van der Waals surface area contributed by atoms with Gasteiger partial charge in [-0.15, -0.1) is 0 Å². The lowest BCUT2D eigenvalue weighted by Gasteiger charge is -2.31. The number of pyridine rings is 3. The number of H-pyrrole nitrogens is 1. The zero-order chi connectivity index (χ0) is 80.8. The number of alkyl halides is 1. The van der Waals surface area contributed by atoms with Crippen molar-refractivity contribution in [2.24, 2.45) is 5.73 Å². The van der Waals surface area contributed by atoms with Crippen molar-refractivity contribution in [1.82, 2.24) is 34.8 Å². The summed E-state index contributed by atoms with van der Waals surface area (Å²) in [6.45, 7) is 4.79. The molecule has 114 heavy (non-hydrogen) atoms. The van der Waals surface area contributed by atoms with Crippen LogP contribution in [-0.4, -0.2) is 193 Å². The number of nitrogen functional groups attached to an aromatic ring is 1. The standard InChI is InChI=1S/C19H21N3O3S.C18H21N3O3S.C18H20N2O3S.C13H13NO2S.C5H11NS.C5H10OS.C3H5Br.C2H6OS/c23-16-8-9-22-17(18(16)25-12-14-4-2-1-3-5-14)19(24)21(13-20-22)10-11-26-15-6-7-15;19-21-10-8-15(22)17(24-12-13-4-2-1-3-5-13)16(21)18(23)20-9-11-25-14-6-7-14;21-15-8-9-19-16(18(22)20-10-11-24-14-6-7-14)17(15)23-12-13-4-2-1-3-5-13;15-12-10-3-1-2-4-11(10)13(16)14(12)7-8-17-9-5-6-9;2*6-3-4-7-5-1-2-5;4-3-1-2-3;3-1-2-4/h1-5,8-9,15,20H,6-7,10-13H2;1-5,8,10,14H,6-7,9,11-12,19H2,(H,20,23);1-5,8-9,14H,6-7,10-12H2,(H,19,21)(H,20,22);1-4,9H,5-8H2;5H,1-4,6H2;5-6H,1-4H2;3H,1-2H2;3-4H,1-2H2. The molecule has 0 spiro atoms. The molecule has 31 heteroatoms. The van der Waals surface area contributed by atoms with Gasteiger partial charge in [0, 0.05) is 146 Å². The number of nitrogens with two attached hydrogens (primary N) is 2. The molecular formula is C83H107BrN10O13S7. The van der Waals surface area contributed by atoms with E-state index in [4.69, 9.17) is 36.0 Å². The van der Waals surface area contributed by atoms with Crippen molar-refractivity contribution in [3.63, 3.8) is 0 Å². The quantitative estimate of drug-likeness (QED) is 0.00595. The van der Waals surface area contributed by atoms with Gasteiger partial charge < -0.3 is 61.9 Å². The van der Waals surface area contributed by atoms with Crippen molar-refractivity contribution in [2.75, 3.05) is 104 Å². The molecule has 4 aromatic carbocycles. The molecule has 5 heterocycles. The number of aromatic nitrogens is 3. The number of aromatic amines is 1. The predicted octanol–water partition coefficient (Wildman–Crippen LogP) is 12.0. The number of rotatable bonds is 34. The number of aliphatic hydroxyl groups excluding tert-OH is 2. The molecule has 7 fully saturated rings. The molecule has 616 valence electrons. The lowest BCUT2D eigenvalue weighted by atomic mass is 10.1. The summed E-state index contributed by atoms with van der Waals surface area (Å²) in [5.74, 6) is 11.0. The second kappa shape index (κ2) is 50.0. The Bertz CT molecular complexity index is 4250. The van der Waals surface area contributed by atoms with Crippen LogP contribution in [0.2, 0.25) is 0 Å². The lowest BCUT2D eigenvalue weighted by Crippen LogP contribution is -2.47. The summed E-state index contributed by atoms with van der Waals surface area (Å²) >= 11 is 18.5. The average molecular weight is 1760 g/mol. The van der Waals surface area contributed by atoms with Gasteiger partial charge in [0.15, 0.2) is 34.3 Å². The number of carbonyl (C=O) groups excluding carboxylic acids is 5. The van der Waals surface area contributed by atoms with Crippen molar-refractivity contribution in [1.29, 1.82) is 0 Å². The fraction of sp³-hybridized carbons (Fsp3) is 0.470. The first-order valence-electron chi connectivity index (χ1n) is 38.9. The number of carbonyl (C=O) groups is 5. The van der Waals surface area contributed by atoms with Crippen LogP contribution in [0.4, 0.5) is 0 Å². The highest BCUT2D eigenvalue weighted by Crippen LogP contribution is 2.38. The molecule has 9 aliphatic rings. The third kappa shape index (κ3) is 33.6. The van der Waals surface area contributed by atoms with Gasteiger partial charge in [0.25, 0.3) is 29.5 Å². The van der Waals surface area contributed by atoms with Gasteiger partial charge in [-0.25, -0.2) is 0 Å². The normalized spacial score (nSPS) is 15.9. The SMILES string of the molecule is BrC1CC1.NCCSC1CC1.Nn1ccc(=O)c(OCc2ccccc2)c1C(=O)NCCSC1CC1.O=C(NCCSC1CC1)c1[nH]ccc(=O)c1OCc1ccccc1.O=C1c2c(OCc3ccccc3)c(=O)ccn2NCN1CCSC1CC1.O=C1c2ccccc2C(=O)N1CCSC1CC1.OCCS.OCCSC1CC1. The van der Waals surface area contributed by atoms with E-state index in [2.05, 4.69) is 49.6 Å². The monoisotopic (exact) mass is 1750 g/mol. The number of nitrogens with zero attached hydrogens (tertiary/aromatic N) is 4. The van der Waals surface area contributed by atoms with Gasteiger partial charge in [0.05, 0.1) is 24.3 Å². The molecule has 23 nitrogen and oxygen atoms in total. The number of amides is 5. The smallest absolute Gasteiger partial charge is 0.277 e. The van der Waals surface area contributed by atoms with E-state index in [0.29, 0.717) is 56.3 Å². The number of thiol groups is 1. The van der Waals surface area contributed by atoms with Gasteiger partial charge in [-0.05, 0) is 119 Å². The number of hydrogen-bond acceptors (Lipinski definition) is 23. The van der Waals surface area contributed by atoms with E-state index in [-0.39, 0.29) is 101 Å². The van der Waals surface area contributed by atoms with E-state index in [1.54, 1.807) is 40.0 Å². The maximum atomic E-state index is 12.9. The van der Waals surface area contributed by atoms with E-state index >= 15 is 0 Å². The van der Waals surface area contributed by atoms with Gasteiger partial charge in [-0.3, -0.25) is 52.6 Å². The first-order valence-corrected chi connectivity index (χ1v) is 46.8. The number of benzene rings is 4. The van der Waals surface area contributed by atoms with Crippen LogP contribution in [0.1, 0.15) is 159 Å². The predicted molar refractivity (Wildman–Crippen MR) is 475 cm³/mol. The number of ether oxygens (including phenoxy) is 3. The second-order valence-corrected chi connectivity index (χ2v) is 37.8. The van der Waals surface area contributed by atoms with Crippen LogP contribution in [0.3, 0.4) is 0 Å². The minimum atomic E-state index is -0.403. The van der Waals surface area contributed by atoms with Gasteiger partial charge in [-0.1, -0.05) is 119 Å². The van der Waals surface area contributed by atoms with Crippen LogP contribution in [0.15, 0.2) is 166 Å². The fourth-order valence-electron chi connectivity index (χ4n) is 10.4. The van der Waals surface area contributed by atoms with Crippen molar-refractivity contribution in [2.45, 2.75) is 146 Å². The number of aliphatic hydroxyl groups is 2. The Morgan fingerprint density at radius 1 is 0.491 bits per heavy atom. The van der Waals surface area contributed by atoms with E-state index in [1.165, 1.54) is 125 Å². The molecule has 0 unspecified atom stereocenters. The first kappa shape index (κ1) is 91.0. The molecule has 7 aromatic rings. The molecule has 0 atom stereocenters. The maximum absolute atomic E-state index is 12.9. The molecule has 16 rings (SSSR count). The Hall–Kier alpha value is -6.91. The number of hydrogen-bond donors (Lipinski definition) is 9. The van der Waals surface area contributed by atoms with Crippen LogP contribution in [0.25, 0.3) is 0 Å². The molecule has 3 aromatic heterocycles.